The number of amides is 1. The summed E-state index contributed by atoms with van der Waals surface area (Å²) in [7, 11) is 0. The van der Waals surface area contributed by atoms with Crippen LogP contribution in [0.2, 0.25) is 0 Å². The van der Waals surface area contributed by atoms with Crippen LogP contribution in [0.25, 0.3) is 0 Å². The maximum absolute atomic E-state index is 12.9. The van der Waals surface area contributed by atoms with Crippen LogP contribution >= 0.6 is 0 Å². The molecule has 2 aromatic heterocycles. The van der Waals surface area contributed by atoms with E-state index in [1.165, 1.54) is 0 Å². The van der Waals surface area contributed by atoms with Crippen LogP contribution in [-0.2, 0) is 0 Å². The quantitative estimate of drug-likeness (QED) is 0.515. The number of carbonyl (C=O) groups is 1. The van der Waals surface area contributed by atoms with Crippen molar-refractivity contribution in [1.29, 1.82) is 0 Å². The predicted octanol–water partition coefficient (Wildman–Crippen LogP) is 3.44. The molecule has 156 valence electrons. The van der Waals surface area contributed by atoms with Gasteiger partial charge in [0.1, 0.15) is 17.0 Å². The highest BCUT2D eigenvalue weighted by Crippen LogP contribution is 2.28. The van der Waals surface area contributed by atoms with E-state index in [-0.39, 0.29) is 11.5 Å². The lowest BCUT2D eigenvalue weighted by Gasteiger charge is -2.22. The Bertz CT molecular complexity index is 1100. The smallest absolute Gasteiger partial charge is 0.349 e. The summed E-state index contributed by atoms with van der Waals surface area (Å²) >= 11 is 0. The van der Waals surface area contributed by atoms with Crippen LogP contribution in [0.5, 0.6) is 0 Å². The summed E-state index contributed by atoms with van der Waals surface area (Å²) in [6.45, 7) is 5.36. The standard InChI is InChI=1S/C22H25N5O3/c1-13-12-17(15-8-10-23-11-9-15)30-22(29)18(13)21(28)25-19-14(2)26-27-20(19)24-16-6-4-3-5-7-16/h3-7,12,15,23H,8-11H2,1-2H3,(H,25,28)(H2,24,26,27). The molecule has 8 heteroatoms. The van der Waals surface area contributed by atoms with Crippen LogP contribution in [0.3, 0.4) is 0 Å². The molecule has 4 rings (SSSR count). The molecule has 0 radical (unpaired) electrons. The fraction of sp³-hybridized carbons (Fsp3) is 0.318. The molecule has 0 saturated carbocycles. The number of carbonyl (C=O) groups excluding carboxylic acids is 1. The van der Waals surface area contributed by atoms with Gasteiger partial charge in [0.05, 0.1) is 5.69 Å². The first-order valence-corrected chi connectivity index (χ1v) is 10.1. The van der Waals surface area contributed by atoms with Crippen LogP contribution in [0.4, 0.5) is 17.2 Å². The van der Waals surface area contributed by atoms with E-state index < -0.39 is 11.5 Å². The van der Waals surface area contributed by atoms with Gasteiger partial charge in [-0.15, -0.1) is 0 Å². The van der Waals surface area contributed by atoms with Gasteiger partial charge < -0.3 is 20.4 Å². The van der Waals surface area contributed by atoms with Crippen molar-refractivity contribution in [3.8, 4) is 0 Å². The number of piperidine rings is 1. The molecule has 8 nitrogen and oxygen atoms in total. The number of aryl methyl sites for hydroxylation is 2. The van der Waals surface area contributed by atoms with Crippen molar-refractivity contribution in [3.63, 3.8) is 0 Å². The van der Waals surface area contributed by atoms with E-state index in [4.69, 9.17) is 4.42 Å². The monoisotopic (exact) mass is 407 g/mol. The molecule has 1 aliphatic heterocycles. The van der Waals surface area contributed by atoms with Gasteiger partial charge in [-0.1, -0.05) is 18.2 Å². The lowest BCUT2D eigenvalue weighted by molar-refractivity contribution is 0.102. The van der Waals surface area contributed by atoms with Gasteiger partial charge in [-0.05, 0) is 63.5 Å². The van der Waals surface area contributed by atoms with Crippen molar-refractivity contribution in [2.75, 3.05) is 23.7 Å². The number of nitrogens with one attached hydrogen (secondary N) is 4. The predicted molar refractivity (Wildman–Crippen MR) is 116 cm³/mol. The lowest BCUT2D eigenvalue weighted by Crippen LogP contribution is -2.28. The Morgan fingerprint density at radius 1 is 1.17 bits per heavy atom. The summed E-state index contributed by atoms with van der Waals surface area (Å²) < 4.78 is 5.54. The zero-order chi connectivity index (χ0) is 21.1. The molecule has 1 aliphatic rings. The molecule has 0 atom stereocenters. The van der Waals surface area contributed by atoms with Crippen molar-refractivity contribution in [2.45, 2.75) is 32.6 Å². The second kappa shape index (κ2) is 8.54. The third kappa shape index (κ3) is 4.13. The molecule has 3 aromatic rings. The number of aromatic nitrogens is 2. The van der Waals surface area contributed by atoms with Crippen molar-refractivity contribution in [3.05, 3.63) is 69.4 Å². The molecule has 1 fully saturated rings. The normalized spacial score (nSPS) is 14.5. The second-order valence-corrected chi connectivity index (χ2v) is 7.54. The van der Waals surface area contributed by atoms with E-state index in [9.17, 15) is 9.59 Å². The molecular formula is C22H25N5O3. The topological polar surface area (TPSA) is 112 Å². The second-order valence-electron chi connectivity index (χ2n) is 7.54. The van der Waals surface area contributed by atoms with Crippen LogP contribution in [-0.4, -0.2) is 29.2 Å². The molecule has 4 N–H and O–H groups in total. The fourth-order valence-electron chi connectivity index (χ4n) is 3.72. The molecule has 0 unspecified atom stereocenters. The van der Waals surface area contributed by atoms with Gasteiger partial charge in [-0.25, -0.2) is 4.79 Å². The van der Waals surface area contributed by atoms with Gasteiger partial charge in [0.25, 0.3) is 5.91 Å². The van der Waals surface area contributed by atoms with E-state index in [0.717, 1.165) is 31.6 Å². The number of H-pyrrole nitrogens is 1. The van der Waals surface area contributed by atoms with Crippen molar-refractivity contribution >= 4 is 23.1 Å². The fourth-order valence-corrected chi connectivity index (χ4v) is 3.72. The highest BCUT2D eigenvalue weighted by atomic mass is 16.4. The van der Waals surface area contributed by atoms with Gasteiger partial charge in [-0.2, -0.15) is 5.10 Å². The summed E-state index contributed by atoms with van der Waals surface area (Å²) in [5, 5.41) is 16.4. The van der Waals surface area contributed by atoms with Crippen LogP contribution in [0.1, 0.15) is 46.1 Å². The molecule has 1 aromatic carbocycles. The maximum Gasteiger partial charge on any atom is 0.349 e. The first kappa shape index (κ1) is 19.9. The minimum atomic E-state index is -0.611. The van der Waals surface area contributed by atoms with Gasteiger partial charge in [0.2, 0.25) is 0 Å². The Kier molecular flexibility index (Phi) is 5.67. The highest BCUT2D eigenvalue weighted by molar-refractivity contribution is 6.06. The number of anilines is 3. The first-order valence-electron chi connectivity index (χ1n) is 10.1. The Morgan fingerprint density at radius 3 is 2.60 bits per heavy atom. The van der Waals surface area contributed by atoms with Crippen LogP contribution in [0, 0.1) is 13.8 Å². The summed E-state index contributed by atoms with van der Waals surface area (Å²) in [4.78, 5) is 25.6. The zero-order valence-electron chi connectivity index (χ0n) is 17.0. The Morgan fingerprint density at radius 2 is 1.90 bits per heavy atom. The number of rotatable bonds is 5. The number of nitrogens with zero attached hydrogens (tertiary/aromatic N) is 1. The van der Waals surface area contributed by atoms with Gasteiger partial charge in [-0.3, -0.25) is 9.89 Å². The van der Waals surface area contributed by atoms with Gasteiger partial charge in [0.15, 0.2) is 5.82 Å². The minimum absolute atomic E-state index is 0.0129. The van der Waals surface area contributed by atoms with Crippen LogP contribution < -0.4 is 21.6 Å². The molecule has 0 bridgehead atoms. The van der Waals surface area contributed by atoms with E-state index in [1.54, 1.807) is 13.8 Å². The van der Waals surface area contributed by atoms with Gasteiger partial charge in [0, 0.05) is 11.6 Å². The number of hydrogen-bond acceptors (Lipinski definition) is 6. The van der Waals surface area contributed by atoms with Crippen molar-refractivity contribution in [1.82, 2.24) is 15.5 Å². The van der Waals surface area contributed by atoms with Gasteiger partial charge >= 0.3 is 5.63 Å². The average molecular weight is 407 g/mol. The molecule has 1 amide bonds. The number of hydrogen-bond donors (Lipinski definition) is 4. The Labute approximate surface area is 174 Å². The summed E-state index contributed by atoms with van der Waals surface area (Å²) in [5.74, 6) is 0.813. The summed E-state index contributed by atoms with van der Waals surface area (Å²) in [6, 6.07) is 11.3. The van der Waals surface area contributed by atoms with E-state index in [1.807, 2.05) is 36.4 Å². The van der Waals surface area contributed by atoms with Crippen molar-refractivity contribution in [2.24, 2.45) is 0 Å². The Hall–Kier alpha value is -3.39. The summed E-state index contributed by atoms with van der Waals surface area (Å²) in [5.41, 5.74) is 2.01. The van der Waals surface area contributed by atoms with E-state index >= 15 is 0 Å². The molecule has 3 heterocycles. The third-order valence-corrected chi connectivity index (χ3v) is 5.36. The third-order valence-electron chi connectivity index (χ3n) is 5.36. The SMILES string of the molecule is Cc1cc(C2CCNCC2)oc(=O)c1C(=O)Nc1c(Nc2ccccc2)n[nH]c1C. The number of aromatic amines is 1. The first-order chi connectivity index (χ1) is 14.5. The highest BCUT2D eigenvalue weighted by Gasteiger charge is 2.24. The average Bonchev–Trinajstić information content (AvgIpc) is 3.08. The van der Waals surface area contributed by atoms with E-state index in [2.05, 4.69) is 26.1 Å². The molecular weight excluding hydrogens is 382 g/mol. The maximum atomic E-state index is 12.9. The van der Waals surface area contributed by atoms with Crippen LogP contribution in [0.15, 0.2) is 45.6 Å². The number of para-hydroxylation sites is 1. The molecule has 0 spiro atoms. The zero-order valence-corrected chi connectivity index (χ0v) is 17.0. The minimum Gasteiger partial charge on any atom is -0.427 e. The lowest BCUT2D eigenvalue weighted by atomic mass is 9.94. The molecule has 0 aliphatic carbocycles. The molecule has 1 saturated heterocycles. The van der Waals surface area contributed by atoms with Crippen molar-refractivity contribution < 1.29 is 9.21 Å². The molecule has 30 heavy (non-hydrogen) atoms. The largest absolute Gasteiger partial charge is 0.427 e. The number of benzene rings is 1. The summed E-state index contributed by atoms with van der Waals surface area (Å²) in [6.07, 6.45) is 1.83. The Balaban J connectivity index is 1.57. The van der Waals surface area contributed by atoms with E-state index in [0.29, 0.717) is 28.5 Å².